The van der Waals surface area contributed by atoms with Crippen molar-refractivity contribution in [2.24, 2.45) is 0 Å². The summed E-state index contributed by atoms with van der Waals surface area (Å²) in [5.74, 6) is 0. The Bertz CT molecular complexity index is 826. The molecule has 130 valence electrons. The van der Waals surface area contributed by atoms with E-state index in [1.165, 1.54) is 16.8 Å². The van der Waals surface area contributed by atoms with Crippen LogP contribution in [-0.4, -0.2) is 32.7 Å². The molecule has 0 fully saturated rings. The van der Waals surface area contributed by atoms with Gasteiger partial charge < -0.3 is 10.2 Å². The minimum atomic E-state index is -0.0827. The third-order valence-electron chi connectivity index (χ3n) is 4.33. The van der Waals surface area contributed by atoms with Crippen molar-refractivity contribution in [3.63, 3.8) is 0 Å². The molecule has 25 heavy (non-hydrogen) atoms. The Labute approximate surface area is 151 Å². The summed E-state index contributed by atoms with van der Waals surface area (Å²) >= 11 is 1.66. The van der Waals surface area contributed by atoms with E-state index in [1.807, 2.05) is 43.6 Å². The Kier molecular flexibility index (Phi) is 5.14. The van der Waals surface area contributed by atoms with Gasteiger partial charge in [0.25, 0.3) is 0 Å². The number of carbonyl (C=O) groups excluding carboxylic acids is 1. The highest BCUT2D eigenvalue weighted by atomic mass is 32.1. The average molecular weight is 355 g/mol. The monoisotopic (exact) mass is 355 g/mol. The van der Waals surface area contributed by atoms with Crippen molar-refractivity contribution in [3.8, 4) is 5.69 Å². The fraction of sp³-hybridized carbons (Fsp3) is 0.278. The quantitative estimate of drug-likeness (QED) is 0.761. The highest BCUT2D eigenvalue weighted by Gasteiger charge is 2.17. The molecule has 0 spiro atoms. The molecule has 0 bridgehead atoms. The van der Waals surface area contributed by atoms with Crippen LogP contribution < -0.4 is 5.32 Å². The molecule has 6 nitrogen and oxygen atoms in total. The van der Waals surface area contributed by atoms with Crippen LogP contribution in [0.5, 0.6) is 0 Å². The number of hydrogen-bond acceptors (Lipinski definition) is 4. The number of rotatable bonds is 5. The summed E-state index contributed by atoms with van der Waals surface area (Å²) in [6.45, 7) is 4.63. The van der Waals surface area contributed by atoms with Gasteiger partial charge in [0.05, 0.1) is 18.3 Å². The summed E-state index contributed by atoms with van der Waals surface area (Å²) < 4.78 is 1.70. The smallest absolute Gasteiger partial charge is 0.317 e. The number of aromatic nitrogens is 3. The van der Waals surface area contributed by atoms with Crippen LogP contribution in [-0.2, 0) is 6.54 Å². The molecule has 2 aromatic heterocycles. The highest BCUT2D eigenvalue weighted by Crippen LogP contribution is 2.21. The van der Waals surface area contributed by atoms with Gasteiger partial charge in [0, 0.05) is 11.9 Å². The lowest BCUT2D eigenvalue weighted by Crippen LogP contribution is -2.38. The summed E-state index contributed by atoms with van der Waals surface area (Å²) in [6.07, 6.45) is 3.16. The molecule has 0 aliphatic heterocycles. The number of nitrogens with zero attached hydrogens (tertiary/aromatic N) is 4. The standard InChI is InChI=1S/C18H21N5OS/c1-13-8-9-25-17(13)10-20-18(24)22(3)14(2)15-4-6-16(7-5-15)23-12-19-11-21-23/h4-9,11-12,14H,10H2,1-3H3,(H,20,24)/t14-/m0/s1. The van der Waals surface area contributed by atoms with Crippen LogP contribution in [0.3, 0.4) is 0 Å². The molecule has 7 heteroatoms. The van der Waals surface area contributed by atoms with Gasteiger partial charge in [0.2, 0.25) is 0 Å². The molecule has 0 saturated carbocycles. The van der Waals surface area contributed by atoms with Crippen molar-refractivity contribution in [3.05, 3.63) is 64.4 Å². The van der Waals surface area contributed by atoms with Crippen LogP contribution in [0.15, 0.2) is 48.4 Å². The van der Waals surface area contributed by atoms with Crippen molar-refractivity contribution in [2.45, 2.75) is 26.4 Å². The lowest BCUT2D eigenvalue weighted by Gasteiger charge is -2.25. The molecule has 1 N–H and O–H groups in total. The molecule has 0 radical (unpaired) electrons. The third-order valence-corrected chi connectivity index (χ3v) is 5.35. The van der Waals surface area contributed by atoms with Gasteiger partial charge in [0.1, 0.15) is 12.7 Å². The largest absolute Gasteiger partial charge is 0.333 e. The highest BCUT2D eigenvalue weighted by molar-refractivity contribution is 7.10. The van der Waals surface area contributed by atoms with Crippen LogP contribution in [0.25, 0.3) is 5.69 Å². The van der Waals surface area contributed by atoms with E-state index in [-0.39, 0.29) is 12.1 Å². The first-order valence-corrected chi connectivity index (χ1v) is 8.93. The number of urea groups is 1. The van der Waals surface area contributed by atoms with E-state index in [1.54, 1.807) is 27.2 Å². The van der Waals surface area contributed by atoms with Crippen molar-refractivity contribution in [1.29, 1.82) is 0 Å². The third kappa shape index (κ3) is 3.88. The fourth-order valence-corrected chi connectivity index (χ4v) is 3.36. The Balaban J connectivity index is 1.62. The van der Waals surface area contributed by atoms with E-state index >= 15 is 0 Å². The molecular weight excluding hydrogens is 334 g/mol. The van der Waals surface area contributed by atoms with E-state index in [9.17, 15) is 4.79 Å². The predicted octanol–water partition coefficient (Wildman–Crippen LogP) is 3.54. The van der Waals surface area contributed by atoms with Gasteiger partial charge in [-0.05, 0) is 48.6 Å². The lowest BCUT2D eigenvalue weighted by molar-refractivity contribution is 0.194. The number of amides is 2. The lowest BCUT2D eigenvalue weighted by atomic mass is 10.1. The first-order chi connectivity index (χ1) is 12.1. The summed E-state index contributed by atoms with van der Waals surface area (Å²) in [4.78, 5) is 19.3. The topological polar surface area (TPSA) is 63.1 Å². The molecule has 0 saturated heterocycles. The van der Waals surface area contributed by atoms with E-state index in [2.05, 4.69) is 28.4 Å². The molecular formula is C18H21N5OS. The van der Waals surface area contributed by atoms with Crippen molar-refractivity contribution in [2.75, 3.05) is 7.05 Å². The second-order valence-corrected chi connectivity index (χ2v) is 6.90. The molecule has 3 aromatic rings. The maximum absolute atomic E-state index is 12.4. The number of carbonyl (C=O) groups is 1. The van der Waals surface area contributed by atoms with E-state index in [4.69, 9.17) is 0 Å². The number of nitrogens with one attached hydrogen (secondary N) is 1. The summed E-state index contributed by atoms with van der Waals surface area (Å²) in [6, 6.07) is 9.91. The Morgan fingerprint density at radius 2 is 2.08 bits per heavy atom. The summed E-state index contributed by atoms with van der Waals surface area (Å²) in [5.41, 5.74) is 3.22. The Morgan fingerprint density at radius 3 is 2.68 bits per heavy atom. The van der Waals surface area contributed by atoms with Crippen molar-refractivity contribution in [1.82, 2.24) is 25.0 Å². The second-order valence-electron chi connectivity index (χ2n) is 5.90. The number of hydrogen-bond donors (Lipinski definition) is 1. The van der Waals surface area contributed by atoms with E-state index in [0.717, 1.165) is 11.3 Å². The summed E-state index contributed by atoms with van der Waals surface area (Å²) in [7, 11) is 1.81. The molecule has 3 rings (SSSR count). The van der Waals surface area contributed by atoms with Crippen LogP contribution in [0.1, 0.15) is 29.0 Å². The molecule has 2 amide bonds. The Morgan fingerprint density at radius 1 is 1.32 bits per heavy atom. The number of thiophene rings is 1. The van der Waals surface area contributed by atoms with Gasteiger partial charge in [-0.1, -0.05) is 12.1 Å². The van der Waals surface area contributed by atoms with Crippen LogP contribution >= 0.6 is 11.3 Å². The zero-order valence-electron chi connectivity index (χ0n) is 14.5. The first-order valence-electron chi connectivity index (χ1n) is 8.05. The molecule has 2 heterocycles. The van der Waals surface area contributed by atoms with Crippen LogP contribution in [0, 0.1) is 6.92 Å². The van der Waals surface area contributed by atoms with Gasteiger partial charge in [-0.2, -0.15) is 5.10 Å². The summed E-state index contributed by atoms with van der Waals surface area (Å²) in [5, 5.41) is 9.14. The number of aryl methyl sites for hydroxylation is 1. The minimum absolute atomic E-state index is 0.0331. The maximum atomic E-state index is 12.4. The van der Waals surface area contributed by atoms with Crippen molar-refractivity contribution < 1.29 is 4.79 Å². The predicted molar refractivity (Wildman–Crippen MR) is 98.8 cm³/mol. The average Bonchev–Trinajstić information content (AvgIpc) is 3.30. The molecule has 1 aromatic carbocycles. The maximum Gasteiger partial charge on any atom is 0.317 e. The van der Waals surface area contributed by atoms with Gasteiger partial charge in [-0.25, -0.2) is 14.5 Å². The van der Waals surface area contributed by atoms with Gasteiger partial charge in [0.15, 0.2) is 0 Å². The zero-order chi connectivity index (χ0) is 17.8. The van der Waals surface area contributed by atoms with E-state index in [0.29, 0.717) is 6.54 Å². The number of benzene rings is 1. The minimum Gasteiger partial charge on any atom is -0.333 e. The molecule has 0 unspecified atom stereocenters. The van der Waals surface area contributed by atoms with Crippen LogP contribution in [0.4, 0.5) is 4.79 Å². The Hall–Kier alpha value is -2.67. The van der Waals surface area contributed by atoms with Gasteiger partial charge in [-0.3, -0.25) is 0 Å². The first kappa shape index (κ1) is 17.2. The second kappa shape index (κ2) is 7.48. The zero-order valence-corrected chi connectivity index (χ0v) is 15.3. The van der Waals surface area contributed by atoms with Gasteiger partial charge >= 0.3 is 6.03 Å². The normalized spacial score (nSPS) is 12.0. The molecule has 0 aliphatic rings. The van der Waals surface area contributed by atoms with E-state index < -0.39 is 0 Å². The van der Waals surface area contributed by atoms with Gasteiger partial charge in [-0.15, -0.1) is 11.3 Å². The molecule has 1 atom stereocenters. The van der Waals surface area contributed by atoms with Crippen molar-refractivity contribution >= 4 is 17.4 Å². The fourth-order valence-electron chi connectivity index (χ4n) is 2.51. The van der Waals surface area contributed by atoms with Crippen LogP contribution in [0.2, 0.25) is 0 Å². The SMILES string of the molecule is Cc1ccsc1CNC(=O)N(C)[C@@H](C)c1ccc(-n2cncn2)cc1. The molecule has 0 aliphatic carbocycles.